The first-order valence-electron chi connectivity index (χ1n) is 8.57. The molecule has 0 aliphatic rings. The molecule has 146 valence electrons. The summed E-state index contributed by atoms with van der Waals surface area (Å²) < 4.78 is 29.9. The molecular formula is C20H19ClN2O4S. The van der Waals surface area contributed by atoms with E-state index in [9.17, 15) is 13.2 Å². The number of esters is 1. The van der Waals surface area contributed by atoms with Crippen molar-refractivity contribution in [2.45, 2.75) is 18.4 Å². The molecule has 0 saturated carbocycles. The predicted molar refractivity (Wildman–Crippen MR) is 108 cm³/mol. The lowest BCUT2D eigenvalue weighted by Crippen LogP contribution is -2.13. The van der Waals surface area contributed by atoms with E-state index in [0.29, 0.717) is 17.3 Å². The van der Waals surface area contributed by atoms with Crippen LogP contribution in [0.1, 0.15) is 6.92 Å². The Labute approximate surface area is 168 Å². The van der Waals surface area contributed by atoms with Crippen LogP contribution >= 0.6 is 11.6 Å². The Morgan fingerprint density at radius 3 is 2.25 bits per heavy atom. The molecule has 1 heterocycles. The van der Waals surface area contributed by atoms with Crippen molar-refractivity contribution in [2.75, 3.05) is 12.9 Å². The first kappa shape index (κ1) is 20.1. The lowest BCUT2D eigenvalue weighted by atomic mass is 10.0. The first-order chi connectivity index (χ1) is 13.3. The minimum atomic E-state index is -3.29. The van der Waals surface area contributed by atoms with E-state index in [4.69, 9.17) is 16.3 Å². The van der Waals surface area contributed by atoms with Crippen LogP contribution in [-0.2, 0) is 25.9 Å². The predicted octanol–water partition coefficient (Wildman–Crippen LogP) is 3.84. The average molecular weight is 419 g/mol. The van der Waals surface area contributed by atoms with Crippen LogP contribution < -0.4 is 0 Å². The van der Waals surface area contributed by atoms with Crippen LogP contribution in [-0.4, -0.2) is 37.0 Å². The van der Waals surface area contributed by atoms with Crippen LogP contribution in [0, 0.1) is 0 Å². The standard InChI is InChI=1S/C20H19ClN2O4S/c1-3-27-19(24)13-23-12-18(14-4-8-16(21)9-5-14)20(22-23)15-6-10-17(11-7-15)28(2,25)26/h4-12H,3,13H2,1-2H3. The fourth-order valence-electron chi connectivity index (χ4n) is 2.76. The molecule has 6 nitrogen and oxygen atoms in total. The van der Waals surface area contributed by atoms with Crippen LogP contribution in [0.2, 0.25) is 5.02 Å². The van der Waals surface area contributed by atoms with Crippen molar-refractivity contribution in [3.05, 3.63) is 59.8 Å². The summed E-state index contributed by atoms with van der Waals surface area (Å²) in [7, 11) is -3.29. The van der Waals surface area contributed by atoms with Gasteiger partial charge in [-0.25, -0.2) is 8.42 Å². The summed E-state index contributed by atoms with van der Waals surface area (Å²) in [5.74, 6) is -0.383. The van der Waals surface area contributed by atoms with Gasteiger partial charge in [0.25, 0.3) is 0 Å². The Kier molecular flexibility index (Phi) is 5.86. The van der Waals surface area contributed by atoms with E-state index in [-0.39, 0.29) is 17.4 Å². The van der Waals surface area contributed by atoms with Crippen LogP contribution in [0.4, 0.5) is 0 Å². The van der Waals surface area contributed by atoms with Gasteiger partial charge in [-0.05, 0) is 36.8 Å². The zero-order chi connectivity index (χ0) is 20.3. The molecule has 1 aromatic heterocycles. The van der Waals surface area contributed by atoms with Gasteiger partial charge in [-0.15, -0.1) is 0 Å². The average Bonchev–Trinajstić information content (AvgIpc) is 3.05. The molecule has 0 atom stereocenters. The van der Waals surface area contributed by atoms with Crippen molar-refractivity contribution < 1.29 is 17.9 Å². The second-order valence-corrected chi connectivity index (χ2v) is 8.65. The van der Waals surface area contributed by atoms with Gasteiger partial charge in [0.2, 0.25) is 0 Å². The highest BCUT2D eigenvalue weighted by molar-refractivity contribution is 7.90. The fourth-order valence-corrected chi connectivity index (χ4v) is 3.51. The summed E-state index contributed by atoms with van der Waals surface area (Å²) in [4.78, 5) is 12.1. The number of hydrogen-bond acceptors (Lipinski definition) is 5. The number of carbonyl (C=O) groups is 1. The maximum absolute atomic E-state index is 11.8. The van der Waals surface area contributed by atoms with E-state index in [2.05, 4.69) is 5.10 Å². The molecule has 0 radical (unpaired) electrons. The molecule has 0 saturated heterocycles. The number of aromatic nitrogens is 2. The van der Waals surface area contributed by atoms with Gasteiger partial charge in [-0.1, -0.05) is 35.9 Å². The third kappa shape index (κ3) is 4.61. The molecule has 0 N–H and O–H groups in total. The van der Waals surface area contributed by atoms with Gasteiger partial charge in [0.15, 0.2) is 9.84 Å². The third-order valence-electron chi connectivity index (χ3n) is 4.07. The van der Waals surface area contributed by atoms with Crippen molar-refractivity contribution in [2.24, 2.45) is 0 Å². The van der Waals surface area contributed by atoms with Gasteiger partial charge >= 0.3 is 5.97 Å². The summed E-state index contributed by atoms with van der Waals surface area (Å²) >= 11 is 5.99. The summed E-state index contributed by atoms with van der Waals surface area (Å²) in [5, 5.41) is 5.14. The Hall–Kier alpha value is -2.64. The number of rotatable bonds is 6. The first-order valence-corrected chi connectivity index (χ1v) is 10.8. The molecule has 0 fully saturated rings. The molecule has 0 aliphatic carbocycles. The minimum Gasteiger partial charge on any atom is -0.465 e. The summed E-state index contributed by atoms with van der Waals surface area (Å²) in [5.41, 5.74) is 3.04. The summed E-state index contributed by atoms with van der Waals surface area (Å²) in [6, 6.07) is 13.8. The minimum absolute atomic E-state index is 0.0180. The van der Waals surface area contributed by atoms with Crippen molar-refractivity contribution in [3.8, 4) is 22.4 Å². The number of ether oxygens (including phenoxy) is 1. The SMILES string of the molecule is CCOC(=O)Cn1cc(-c2ccc(Cl)cc2)c(-c2ccc(S(C)(=O)=O)cc2)n1. The van der Waals surface area contributed by atoms with E-state index in [1.54, 1.807) is 49.5 Å². The normalized spacial score (nSPS) is 11.4. The van der Waals surface area contributed by atoms with E-state index >= 15 is 0 Å². The number of sulfone groups is 1. The van der Waals surface area contributed by atoms with Crippen LogP contribution in [0.15, 0.2) is 59.6 Å². The molecule has 0 unspecified atom stereocenters. The van der Waals surface area contributed by atoms with Gasteiger partial charge in [0.05, 0.1) is 11.5 Å². The van der Waals surface area contributed by atoms with Gasteiger partial charge < -0.3 is 4.74 Å². The lowest BCUT2D eigenvalue weighted by Gasteiger charge is -2.04. The molecule has 3 aromatic rings. The summed E-state index contributed by atoms with van der Waals surface area (Å²) in [6.45, 7) is 2.02. The molecule has 28 heavy (non-hydrogen) atoms. The molecule has 3 rings (SSSR count). The van der Waals surface area contributed by atoms with E-state index in [1.165, 1.54) is 4.68 Å². The second kappa shape index (κ2) is 8.16. The number of halogens is 1. The zero-order valence-electron chi connectivity index (χ0n) is 15.4. The van der Waals surface area contributed by atoms with Crippen molar-refractivity contribution in [1.82, 2.24) is 9.78 Å². The van der Waals surface area contributed by atoms with Crippen molar-refractivity contribution in [3.63, 3.8) is 0 Å². The Bertz CT molecular complexity index is 1090. The largest absolute Gasteiger partial charge is 0.465 e. The number of benzene rings is 2. The second-order valence-electron chi connectivity index (χ2n) is 6.20. The highest BCUT2D eigenvalue weighted by Crippen LogP contribution is 2.32. The zero-order valence-corrected chi connectivity index (χ0v) is 17.0. The molecule has 0 amide bonds. The van der Waals surface area contributed by atoms with E-state index < -0.39 is 9.84 Å². The van der Waals surface area contributed by atoms with E-state index in [1.807, 2.05) is 12.1 Å². The highest BCUT2D eigenvalue weighted by Gasteiger charge is 2.16. The van der Waals surface area contributed by atoms with Gasteiger partial charge in [-0.2, -0.15) is 5.10 Å². The molecule has 0 aliphatic heterocycles. The molecule has 0 bridgehead atoms. The lowest BCUT2D eigenvalue weighted by molar-refractivity contribution is -0.144. The Balaban J connectivity index is 2.06. The van der Waals surface area contributed by atoms with Gasteiger partial charge in [0.1, 0.15) is 12.2 Å². The quantitative estimate of drug-likeness (QED) is 0.568. The number of carbonyl (C=O) groups excluding carboxylic acids is 1. The highest BCUT2D eigenvalue weighted by atomic mass is 35.5. The summed E-state index contributed by atoms with van der Waals surface area (Å²) in [6.07, 6.45) is 2.93. The smallest absolute Gasteiger partial charge is 0.327 e. The Morgan fingerprint density at radius 1 is 1.07 bits per heavy atom. The van der Waals surface area contributed by atoms with Crippen molar-refractivity contribution >= 4 is 27.4 Å². The van der Waals surface area contributed by atoms with E-state index in [0.717, 1.165) is 22.9 Å². The van der Waals surface area contributed by atoms with Crippen molar-refractivity contribution in [1.29, 1.82) is 0 Å². The van der Waals surface area contributed by atoms with Crippen LogP contribution in [0.25, 0.3) is 22.4 Å². The maximum atomic E-state index is 11.8. The molecule has 0 spiro atoms. The fraction of sp³-hybridized carbons (Fsp3) is 0.200. The molecular weight excluding hydrogens is 400 g/mol. The topological polar surface area (TPSA) is 78.3 Å². The molecule has 8 heteroatoms. The molecule has 2 aromatic carbocycles. The monoisotopic (exact) mass is 418 g/mol. The van der Waals surface area contributed by atoms with Gasteiger partial charge in [-0.3, -0.25) is 9.48 Å². The van der Waals surface area contributed by atoms with Gasteiger partial charge in [0, 0.05) is 28.6 Å². The third-order valence-corrected chi connectivity index (χ3v) is 5.45. The Morgan fingerprint density at radius 2 is 1.68 bits per heavy atom. The van der Waals surface area contributed by atoms with Crippen LogP contribution in [0.5, 0.6) is 0 Å². The van der Waals surface area contributed by atoms with Crippen LogP contribution in [0.3, 0.4) is 0 Å². The number of hydrogen-bond donors (Lipinski definition) is 0. The maximum Gasteiger partial charge on any atom is 0.327 e. The number of nitrogens with zero attached hydrogens (tertiary/aromatic N) is 2.